The van der Waals surface area contributed by atoms with Crippen molar-refractivity contribution in [2.45, 2.75) is 26.3 Å². The zero-order chi connectivity index (χ0) is 19.2. The van der Waals surface area contributed by atoms with E-state index in [-0.39, 0.29) is 11.8 Å². The topological polar surface area (TPSA) is 38.3 Å². The van der Waals surface area contributed by atoms with Gasteiger partial charge in [-0.15, -0.1) is 0 Å². The molecule has 1 atom stereocenters. The molecule has 0 saturated heterocycles. The van der Waals surface area contributed by atoms with E-state index in [4.69, 9.17) is 4.74 Å². The Hall–Kier alpha value is -3.07. The fraction of sp³-hybridized carbons (Fsp3) is 0.208. The summed E-state index contributed by atoms with van der Waals surface area (Å²) in [6.07, 6.45) is 0. The predicted octanol–water partition coefficient (Wildman–Crippen LogP) is 4.76. The second kappa shape index (κ2) is 8.54. The maximum Gasteiger partial charge on any atom is 0.232 e. The maximum absolute atomic E-state index is 13.2. The lowest BCUT2D eigenvalue weighted by atomic mass is 9.86. The first kappa shape index (κ1) is 18.7. The van der Waals surface area contributed by atoms with Crippen molar-refractivity contribution in [3.05, 3.63) is 101 Å². The molecule has 27 heavy (non-hydrogen) atoms. The van der Waals surface area contributed by atoms with Crippen molar-refractivity contribution in [3.63, 3.8) is 0 Å². The normalized spacial score (nSPS) is 11.7. The Morgan fingerprint density at radius 2 is 1.56 bits per heavy atom. The third-order valence-electron chi connectivity index (χ3n) is 4.80. The molecule has 0 heterocycles. The molecule has 1 amide bonds. The van der Waals surface area contributed by atoms with Gasteiger partial charge in [0.15, 0.2) is 0 Å². The first-order valence-corrected chi connectivity index (χ1v) is 9.12. The molecule has 0 spiro atoms. The first-order chi connectivity index (χ1) is 13.1. The van der Waals surface area contributed by atoms with Crippen LogP contribution in [0.1, 0.15) is 33.7 Å². The molecular weight excluding hydrogens is 334 g/mol. The van der Waals surface area contributed by atoms with Gasteiger partial charge >= 0.3 is 0 Å². The van der Waals surface area contributed by atoms with Gasteiger partial charge in [0.25, 0.3) is 0 Å². The van der Waals surface area contributed by atoms with Crippen molar-refractivity contribution in [2.75, 3.05) is 7.11 Å². The highest BCUT2D eigenvalue weighted by atomic mass is 16.5. The number of benzene rings is 3. The number of nitrogens with one attached hydrogen (secondary N) is 1. The van der Waals surface area contributed by atoms with Crippen LogP contribution in [0.4, 0.5) is 0 Å². The Kier molecular flexibility index (Phi) is 5.92. The summed E-state index contributed by atoms with van der Waals surface area (Å²) < 4.78 is 5.43. The van der Waals surface area contributed by atoms with Crippen molar-refractivity contribution < 1.29 is 9.53 Å². The lowest BCUT2D eigenvalue weighted by molar-refractivity contribution is -0.121. The summed E-state index contributed by atoms with van der Waals surface area (Å²) in [5.74, 6) is 0.477. The van der Waals surface area contributed by atoms with E-state index in [1.165, 1.54) is 0 Å². The molecule has 0 unspecified atom stereocenters. The Morgan fingerprint density at radius 1 is 0.926 bits per heavy atom. The number of hydrogen-bond donors (Lipinski definition) is 1. The third-order valence-corrected chi connectivity index (χ3v) is 4.80. The molecule has 3 heteroatoms. The van der Waals surface area contributed by atoms with Crippen molar-refractivity contribution in [1.29, 1.82) is 0 Å². The fourth-order valence-corrected chi connectivity index (χ4v) is 3.35. The van der Waals surface area contributed by atoms with Gasteiger partial charge in [0.1, 0.15) is 5.75 Å². The summed E-state index contributed by atoms with van der Waals surface area (Å²) in [5, 5.41) is 3.10. The van der Waals surface area contributed by atoms with Gasteiger partial charge in [-0.3, -0.25) is 4.79 Å². The Morgan fingerprint density at radius 3 is 2.19 bits per heavy atom. The van der Waals surface area contributed by atoms with Crippen LogP contribution in [0.2, 0.25) is 0 Å². The molecule has 0 saturated carbocycles. The van der Waals surface area contributed by atoms with Gasteiger partial charge in [-0.25, -0.2) is 0 Å². The highest BCUT2D eigenvalue weighted by Gasteiger charge is 2.25. The lowest BCUT2D eigenvalue weighted by Crippen LogP contribution is -2.30. The number of carbonyl (C=O) groups excluding carboxylic acids is 1. The summed E-state index contributed by atoms with van der Waals surface area (Å²) in [5.41, 5.74) is 5.14. The van der Waals surface area contributed by atoms with E-state index in [9.17, 15) is 4.79 Å². The minimum Gasteiger partial charge on any atom is -0.496 e. The van der Waals surface area contributed by atoms with Crippen LogP contribution in [0.5, 0.6) is 5.75 Å². The van der Waals surface area contributed by atoms with Crippen molar-refractivity contribution in [2.24, 2.45) is 0 Å². The number of rotatable bonds is 6. The first-order valence-electron chi connectivity index (χ1n) is 9.12. The highest BCUT2D eigenvalue weighted by molar-refractivity contribution is 5.87. The van der Waals surface area contributed by atoms with Crippen molar-refractivity contribution in [3.8, 4) is 5.75 Å². The largest absolute Gasteiger partial charge is 0.496 e. The highest BCUT2D eigenvalue weighted by Crippen LogP contribution is 2.32. The molecule has 3 rings (SSSR count). The number of methoxy groups -OCH3 is 1. The minimum absolute atomic E-state index is 0.00211. The second-order valence-corrected chi connectivity index (χ2v) is 6.73. The summed E-state index contributed by atoms with van der Waals surface area (Å²) >= 11 is 0. The molecule has 0 radical (unpaired) electrons. The van der Waals surface area contributed by atoms with Gasteiger partial charge in [0.2, 0.25) is 5.91 Å². The van der Waals surface area contributed by atoms with Gasteiger partial charge < -0.3 is 10.1 Å². The second-order valence-electron chi connectivity index (χ2n) is 6.73. The van der Waals surface area contributed by atoms with E-state index < -0.39 is 0 Å². The van der Waals surface area contributed by atoms with Gasteiger partial charge in [0.05, 0.1) is 13.0 Å². The lowest BCUT2D eigenvalue weighted by Gasteiger charge is -2.21. The number of aryl methyl sites for hydroxylation is 2. The predicted molar refractivity (Wildman–Crippen MR) is 109 cm³/mol. The molecule has 0 bridgehead atoms. The third kappa shape index (κ3) is 4.37. The monoisotopic (exact) mass is 359 g/mol. The van der Waals surface area contributed by atoms with Crippen LogP contribution < -0.4 is 10.1 Å². The van der Waals surface area contributed by atoms with E-state index in [0.29, 0.717) is 6.54 Å². The van der Waals surface area contributed by atoms with E-state index in [2.05, 4.69) is 11.4 Å². The van der Waals surface area contributed by atoms with Crippen molar-refractivity contribution >= 4 is 5.91 Å². The quantitative estimate of drug-likeness (QED) is 0.689. The van der Waals surface area contributed by atoms with E-state index in [1.54, 1.807) is 7.11 Å². The van der Waals surface area contributed by atoms with Crippen LogP contribution in [0, 0.1) is 13.8 Å². The standard InChI is InChI=1S/C24H25NO2/c1-17-15-22(27-3)18(2)14-21(17)23(20-12-8-5-9-13-20)24(26)25-16-19-10-6-4-7-11-19/h4-15,23H,16H2,1-3H3,(H,25,26)/t23-/m1/s1. The minimum atomic E-state index is -0.362. The molecule has 138 valence electrons. The zero-order valence-corrected chi connectivity index (χ0v) is 16.0. The molecule has 0 fully saturated rings. The van der Waals surface area contributed by atoms with Crippen LogP contribution in [0.3, 0.4) is 0 Å². The van der Waals surface area contributed by atoms with Crippen LogP contribution in [0.25, 0.3) is 0 Å². The van der Waals surface area contributed by atoms with Crippen LogP contribution in [0.15, 0.2) is 72.8 Å². The molecule has 0 aliphatic rings. The van der Waals surface area contributed by atoms with E-state index >= 15 is 0 Å². The summed E-state index contributed by atoms with van der Waals surface area (Å²) in [4.78, 5) is 13.2. The van der Waals surface area contributed by atoms with Crippen molar-refractivity contribution in [1.82, 2.24) is 5.32 Å². The van der Waals surface area contributed by atoms with Crippen LogP contribution >= 0.6 is 0 Å². The molecule has 3 aromatic carbocycles. The van der Waals surface area contributed by atoms with Gasteiger partial charge in [-0.2, -0.15) is 0 Å². The Balaban J connectivity index is 1.95. The fourth-order valence-electron chi connectivity index (χ4n) is 3.35. The van der Waals surface area contributed by atoms with Crippen LogP contribution in [-0.2, 0) is 11.3 Å². The smallest absolute Gasteiger partial charge is 0.232 e. The molecule has 3 aromatic rings. The molecule has 0 aliphatic heterocycles. The van der Waals surface area contributed by atoms with E-state index in [1.807, 2.05) is 80.6 Å². The Bertz CT molecular complexity index is 904. The Labute approximate surface area is 161 Å². The zero-order valence-electron chi connectivity index (χ0n) is 16.0. The van der Waals surface area contributed by atoms with Gasteiger partial charge in [0, 0.05) is 6.54 Å². The number of hydrogen-bond acceptors (Lipinski definition) is 2. The molecule has 0 aromatic heterocycles. The number of ether oxygens (including phenoxy) is 1. The van der Waals surface area contributed by atoms with Crippen LogP contribution in [-0.4, -0.2) is 13.0 Å². The van der Waals surface area contributed by atoms with Gasteiger partial charge in [-0.1, -0.05) is 66.7 Å². The molecular formula is C24H25NO2. The number of amides is 1. The molecule has 3 nitrogen and oxygen atoms in total. The average molecular weight is 359 g/mol. The maximum atomic E-state index is 13.2. The van der Waals surface area contributed by atoms with E-state index in [0.717, 1.165) is 33.6 Å². The molecule has 0 aliphatic carbocycles. The molecule has 1 N–H and O–H groups in total. The van der Waals surface area contributed by atoms with Gasteiger partial charge in [-0.05, 0) is 47.7 Å². The number of carbonyl (C=O) groups is 1. The SMILES string of the molecule is COc1cc(C)c([C@H](C(=O)NCc2ccccc2)c2ccccc2)cc1C. The summed E-state index contributed by atoms with van der Waals surface area (Å²) in [6, 6.07) is 23.9. The summed E-state index contributed by atoms with van der Waals surface area (Å²) in [6.45, 7) is 4.54. The average Bonchev–Trinajstić information content (AvgIpc) is 2.70. The summed E-state index contributed by atoms with van der Waals surface area (Å²) in [7, 11) is 1.67.